The average Bonchev–Trinajstić information content (AvgIpc) is 2.48. The first-order valence-corrected chi connectivity index (χ1v) is 7.16. The monoisotopic (exact) mass is 278 g/mol. The van der Waals surface area contributed by atoms with Crippen molar-refractivity contribution < 1.29 is 19.0 Å². The molecule has 0 saturated heterocycles. The second kappa shape index (κ2) is 4.76. The van der Waals surface area contributed by atoms with E-state index in [9.17, 15) is 14.3 Å². The minimum absolute atomic E-state index is 0.0412. The fraction of sp³-hybridized carbons (Fsp3) is 0.562. The van der Waals surface area contributed by atoms with Crippen molar-refractivity contribution in [1.29, 1.82) is 0 Å². The van der Waals surface area contributed by atoms with Gasteiger partial charge in [-0.15, -0.1) is 0 Å². The molecule has 1 aromatic rings. The van der Waals surface area contributed by atoms with Gasteiger partial charge in [0, 0.05) is 5.41 Å². The van der Waals surface area contributed by atoms with Crippen molar-refractivity contribution >= 4 is 5.97 Å². The Morgan fingerprint density at radius 2 is 1.75 bits per heavy atom. The second-order valence-electron chi connectivity index (χ2n) is 6.30. The maximum Gasteiger partial charge on any atom is 0.309 e. The topological polar surface area (TPSA) is 46.5 Å². The molecule has 0 aliphatic heterocycles. The summed E-state index contributed by atoms with van der Waals surface area (Å²) in [6, 6.07) is 6.43. The smallest absolute Gasteiger partial charge is 0.309 e. The lowest BCUT2D eigenvalue weighted by Crippen LogP contribution is -2.48. The van der Waals surface area contributed by atoms with Crippen LogP contribution in [-0.4, -0.2) is 17.7 Å². The molecule has 4 heteroatoms. The molecule has 20 heavy (non-hydrogen) atoms. The molecule has 0 atom stereocenters. The van der Waals surface area contributed by atoms with Gasteiger partial charge in [-0.3, -0.25) is 4.79 Å². The summed E-state index contributed by atoms with van der Waals surface area (Å²) in [4.78, 5) is 11.4. The minimum atomic E-state index is -0.652. The normalized spacial score (nSPS) is 32.0. The van der Waals surface area contributed by atoms with Crippen molar-refractivity contribution in [2.75, 3.05) is 6.61 Å². The Balaban J connectivity index is 1.66. The van der Waals surface area contributed by atoms with Gasteiger partial charge >= 0.3 is 5.97 Å². The maximum atomic E-state index is 13.5. The van der Waals surface area contributed by atoms with Crippen LogP contribution in [0, 0.1) is 16.6 Å². The summed E-state index contributed by atoms with van der Waals surface area (Å²) >= 11 is 0. The highest BCUT2D eigenvalue weighted by atomic mass is 19.1. The van der Waals surface area contributed by atoms with Gasteiger partial charge in [0.2, 0.25) is 0 Å². The molecular formula is C16H19FO3. The first kappa shape index (κ1) is 13.4. The summed E-state index contributed by atoms with van der Waals surface area (Å²) in [5.74, 6) is -0.696. The Kier molecular flexibility index (Phi) is 3.19. The zero-order chi connectivity index (χ0) is 14.2. The Hall–Kier alpha value is -1.58. The van der Waals surface area contributed by atoms with Crippen LogP contribution in [0.1, 0.15) is 38.5 Å². The molecule has 0 aromatic heterocycles. The van der Waals surface area contributed by atoms with Crippen molar-refractivity contribution in [3.8, 4) is 5.75 Å². The molecule has 0 unspecified atom stereocenters. The van der Waals surface area contributed by atoms with E-state index in [-0.39, 0.29) is 11.2 Å². The Bertz CT molecular complexity index is 502. The van der Waals surface area contributed by atoms with Gasteiger partial charge in [-0.25, -0.2) is 4.39 Å². The van der Waals surface area contributed by atoms with Crippen LogP contribution in [0.2, 0.25) is 0 Å². The zero-order valence-corrected chi connectivity index (χ0v) is 11.4. The summed E-state index contributed by atoms with van der Waals surface area (Å²) < 4.78 is 19.2. The highest BCUT2D eigenvalue weighted by Crippen LogP contribution is 2.57. The molecule has 108 valence electrons. The number of benzene rings is 1. The number of rotatable bonds is 4. The molecule has 0 heterocycles. The average molecular weight is 278 g/mol. The first-order valence-electron chi connectivity index (χ1n) is 7.16. The fourth-order valence-electron chi connectivity index (χ4n) is 3.59. The van der Waals surface area contributed by atoms with Crippen LogP contribution in [0.25, 0.3) is 0 Å². The zero-order valence-electron chi connectivity index (χ0n) is 11.4. The van der Waals surface area contributed by atoms with E-state index in [0.717, 1.165) is 38.5 Å². The molecule has 3 aliphatic rings. The lowest BCUT2D eigenvalue weighted by molar-refractivity contribution is -0.160. The number of carboxylic acid groups (broad SMARTS) is 1. The van der Waals surface area contributed by atoms with Gasteiger partial charge in [0.05, 0.1) is 12.0 Å². The Morgan fingerprint density at radius 3 is 2.30 bits per heavy atom. The minimum Gasteiger partial charge on any atom is -0.490 e. The van der Waals surface area contributed by atoms with Gasteiger partial charge < -0.3 is 9.84 Å². The molecule has 3 fully saturated rings. The summed E-state index contributed by atoms with van der Waals surface area (Å²) in [6.07, 6.45) is 4.78. The van der Waals surface area contributed by atoms with Crippen LogP contribution in [0.4, 0.5) is 4.39 Å². The summed E-state index contributed by atoms with van der Waals surface area (Å²) in [5.41, 5.74) is -0.459. The van der Waals surface area contributed by atoms with Gasteiger partial charge in [-0.2, -0.15) is 0 Å². The number of halogens is 1. The molecule has 0 amide bonds. The summed E-state index contributed by atoms with van der Waals surface area (Å²) in [6.45, 7) is 0.490. The van der Waals surface area contributed by atoms with E-state index in [4.69, 9.17) is 4.74 Å². The van der Waals surface area contributed by atoms with Crippen LogP contribution >= 0.6 is 0 Å². The van der Waals surface area contributed by atoms with Crippen molar-refractivity contribution in [3.05, 3.63) is 30.1 Å². The molecule has 0 spiro atoms. The van der Waals surface area contributed by atoms with Crippen molar-refractivity contribution in [3.63, 3.8) is 0 Å². The molecule has 3 saturated carbocycles. The van der Waals surface area contributed by atoms with E-state index < -0.39 is 11.4 Å². The number of fused-ring (bicyclic) bond motifs is 3. The standard InChI is InChI=1S/C16H19FO3/c17-12-3-1-2-4-13(12)20-11-15-5-8-16(9-6-15,10-7-15)14(18)19/h1-4H,5-11H2,(H,18,19). The molecule has 2 bridgehead atoms. The largest absolute Gasteiger partial charge is 0.490 e. The third-order valence-electron chi connectivity index (χ3n) is 5.23. The van der Waals surface area contributed by atoms with Crippen LogP contribution in [-0.2, 0) is 4.79 Å². The van der Waals surface area contributed by atoms with Crippen LogP contribution in [0.5, 0.6) is 5.75 Å². The van der Waals surface area contributed by atoms with E-state index in [0.29, 0.717) is 12.4 Å². The number of carbonyl (C=O) groups is 1. The molecule has 3 nitrogen and oxygen atoms in total. The third-order valence-corrected chi connectivity index (χ3v) is 5.23. The maximum absolute atomic E-state index is 13.5. The van der Waals surface area contributed by atoms with Crippen LogP contribution in [0.15, 0.2) is 24.3 Å². The number of carboxylic acids is 1. The van der Waals surface area contributed by atoms with E-state index in [1.54, 1.807) is 18.2 Å². The number of para-hydroxylation sites is 1. The van der Waals surface area contributed by atoms with E-state index in [2.05, 4.69) is 0 Å². The van der Waals surface area contributed by atoms with Crippen molar-refractivity contribution in [1.82, 2.24) is 0 Å². The highest BCUT2D eigenvalue weighted by Gasteiger charge is 2.52. The van der Waals surface area contributed by atoms with Crippen molar-refractivity contribution in [2.24, 2.45) is 10.8 Å². The molecule has 1 aromatic carbocycles. The van der Waals surface area contributed by atoms with E-state index in [1.807, 2.05) is 0 Å². The third kappa shape index (κ3) is 2.17. The van der Waals surface area contributed by atoms with Gasteiger partial charge in [0.15, 0.2) is 11.6 Å². The Morgan fingerprint density at radius 1 is 1.15 bits per heavy atom. The molecule has 3 aliphatic carbocycles. The lowest BCUT2D eigenvalue weighted by atomic mass is 9.54. The summed E-state index contributed by atoms with van der Waals surface area (Å²) in [7, 11) is 0. The molecular weight excluding hydrogens is 259 g/mol. The first-order chi connectivity index (χ1) is 9.55. The van der Waals surface area contributed by atoms with Gasteiger partial charge in [0.25, 0.3) is 0 Å². The Labute approximate surface area is 117 Å². The quantitative estimate of drug-likeness (QED) is 0.914. The number of ether oxygens (including phenoxy) is 1. The lowest BCUT2D eigenvalue weighted by Gasteiger charge is -2.51. The van der Waals surface area contributed by atoms with Gasteiger partial charge in [0.1, 0.15) is 0 Å². The number of aliphatic carboxylic acids is 1. The second-order valence-corrected chi connectivity index (χ2v) is 6.30. The van der Waals surface area contributed by atoms with Crippen molar-refractivity contribution in [2.45, 2.75) is 38.5 Å². The molecule has 4 rings (SSSR count). The van der Waals surface area contributed by atoms with E-state index >= 15 is 0 Å². The predicted molar refractivity (Wildman–Crippen MR) is 72.1 cm³/mol. The SMILES string of the molecule is O=C(O)C12CCC(COc3ccccc3F)(CC1)CC2. The molecule has 0 radical (unpaired) electrons. The fourth-order valence-corrected chi connectivity index (χ4v) is 3.59. The molecule has 1 N–H and O–H groups in total. The van der Waals surface area contributed by atoms with E-state index in [1.165, 1.54) is 6.07 Å². The van der Waals surface area contributed by atoms with Gasteiger partial charge in [-0.05, 0) is 50.7 Å². The highest BCUT2D eigenvalue weighted by molar-refractivity contribution is 5.75. The van der Waals surface area contributed by atoms with Crippen LogP contribution < -0.4 is 4.74 Å². The van der Waals surface area contributed by atoms with Crippen LogP contribution in [0.3, 0.4) is 0 Å². The number of hydrogen-bond donors (Lipinski definition) is 1. The van der Waals surface area contributed by atoms with Gasteiger partial charge in [-0.1, -0.05) is 12.1 Å². The number of hydrogen-bond acceptors (Lipinski definition) is 2. The predicted octanol–water partition coefficient (Wildman–Crippen LogP) is 3.63. The summed E-state index contributed by atoms with van der Waals surface area (Å²) in [5, 5.41) is 9.36.